The summed E-state index contributed by atoms with van der Waals surface area (Å²) >= 11 is 5.27. The Kier molecular flexibility index (Phi) is 5.37. The van der Waals surface area contributed by atoms with Crippen molar-refractivity contribution in [2.45, 2.75) is 5.75 Å². The number of anilines is 1. The zero-order valence-electron chi connectivity index (χ0n) is 8.13. The van der Waals surface area contributed by atoms with E-state index >= 15 is 0 Å². The highest BCUT2D eigenvalue weighted by molar-refractivity contribution is 9.10. The van der Waals surface area contributed by atoms with Crippen LogP contribution in [0.25, 0.3) is 0 Å². The quantitative estimate of drug-likeness (QED) is 0.663. The summed E-state index contributed by atoms with van der Waals surface area (Å²) in [6.07, 6.45) is 0. The second-order valence-corrected chi connectivity index (χ2v) is 4.96. The number of hydrogen-bond donors (Lipinski definition) is 1. The van der Waals surface area contributed by atoms with Crippen LogP contribution in [0.3, 0.4) is 0 Å². The van der Waals surface area contributed by atoms with Gasteiger partial charge in [0.15, 0.2) is 0 Å². The minimum atomic E-state index is 0.800. The van der Waals surface area contributed by atoms with Crippen LogP contribution in [0.5, 0.6) is 0 Å². The van der Waals surface area contributed by atoms with Crippen LogP contribution < -0.4 is 5.73 Å². The molecule has 0 amide bonds. The summed E-state index contributed by atoms with van der Waals surface area (Å²) in [6.45, 7) is 0.800. The molecule has 4 heteroatoms. The van der Waals surface area contributed by atoms with E-state index in [0.717, 1.165) is 28.3 Å². The lowest BCUT2D eigenvalue weighted by molar-refractivity contribution is 0.218. The molecule has 0 radical (unpaired) electrons. The first-order valence-corrected chi connectivity index (χ1v) is 6.29. The number of thioether (sulfide) groups is 1. The van der Waals surface area contributed by atoms with Crippen molar-refractivity contribution < 1.29 is 4.74 Å². The number of hydrogen-bond acceptors (Lipinski definition) is 3. The maximum Gasteiger partial charge on any atom is 0.0553 e. The van der Waals surface area contributed by atoms with Gasteiger partial charge in [-0.3, -0.25) is 0 Å². The minimum absolute atomic E-state index is 0.800. The van der Waals surface area contributed by atoms with Crippen LogP contribution in [0.4, 0.5) is 5.69 Å². The van der Waals surface area contributed by atoms with Crippen molar-refractivity contribution in [1.82, 2.24) is 0 Å². The smallest absolute Gasteiger partial charge is 0.0553 e. The number of benzene rings is 1. The van der Waals surface area contributed by atoms with Gasteiger partial charge in [0.05, 0.1) is 6.61 Å². The number of ether oxygens (including phenoxy) is 1. The third-order valence-corrected chi connectivity index (χ3v) is 3.13. The number of nitrogen functional groups attached to an aromatic ring is 1. The number of halogens is 1. The molecule has 0 saturated heterocycles. The van der Waals surface area contributed by atoms with Gasteiger partial charge in [-0.2, -0.15) is 11.8 Å². The predicted molar refractivity (Wildman–Crippen MR) is 66.6 cm³/mol. The van der Waals surface area contributed by atoms with E-state index in [-0.39, 0.29) is 0 Å². The van der Waals surface area contributed by atoms with Gasteiger partial charge in [0.1, 0.15) is 0 Å². The first kappa shape index (κ1) is 11.9. The van der Waals surface area contributed by atoms with Crippen molar-refractivity contribution in [3.63, 3.8) is 0 Å². The zero-order chi connectivity index (χ0) is 10.4. The van der Waals surface area contributed by atoms with E-state index in [1.807, 2.05) is 23.9 Å². The molecular weight excluding hydrogens is 262 g/mol. The summed E-state index contributed by atoms with van der Waals surface area (Å²) in [5.41, 5.74) is 7.78. The highest BCUT2D eigenvalue weighted by Gasteiger charge is 1.97. The summed E-state index contributed by atoms with van der Waals surface area (Å²) in [5.74, 6) is 2.00. The Labute approximate surface area is 97.3 Å². The molecule has 14 heavy (non-hydrogen) atoms. The lowest BCUT2D eigenvalue weighted by atomic mass is 10.2. The van der Waals surface area contributed by atoms with Gasteiger partial charge in [-0.25, -0.2) is 0 Å². The normalized spacial score (nSPS) is 10.4. The van der Waals surface area contributed by atoms with Crippen LogP contribution in [-0.2, 0) is 10.5 Å². The Morgan fingerprint density at radius 1 is 1.43 bits per heavy atom. The van der Waals surface area contributed by atoms with Crippen molar-refractivity contribution in [3.8, 4) is 0 Å². The lowest BCUT2D eigenvalue weighted by Gasteiger charge is -2.03. The van der Waals surface area contributed by atoms with Crippen LogP contribution >= 0.6 is 27.7 Å². The van der Waals surface area contributed by atoms with E-state index < -0.39 is 0 Å². The van der Waals surface area contributed by atoms with Gasteiger partial charge >= 0.3 is 0 Å². The molecule has 0 unspecified atom stereocenters. The van der Waals surface area contributed by atoms with Gasteiger partial charge in [-0.1, -0.05) is 15.9 Å². The van der Waals surface area contributed by atoms with Gasteiger partial charge in [-0.05, 0) is 23.8 Å². The molecular formula is C10H14BrNOS. The third kappa shape index (κ3) is 4.35. The number of rotatable bonds is 5. The van der Waals surface area contributed by atoms with Gasteiger partial charge in [-0.15, -0.1) is 0 Å². The van der Waals surface area contributed by atoms with Crippen LogP contribution in [0.2, 0.25) is 0 Å². The van der Waals surface area contributed by atoms with E-state index in [2.05, 4.69) is 22.0 Å². The van der Waals surface area contributed by atoms with Crippen molar-refractivity contribution in [1.29, 1.82) is 0 Å². The molecule has 0 aliphatic carbocycles. The fraction of sp³-hybridized carbons (Fsp3) is 0.400. The molecule has 0 atom stereocenters. The highest BCUT2D eigenvalue weighted by Crippen LogP contribution is 2.20. The zero-order valence-corrected chi connectivity index (χ0v) is 10.5. The standard InChI is InChI=1S/C10H14BrNOS/c1-13-2-3-14-7-8-4-9(11)6-10(12)5-8/h4-6H,2-3,7,12H2,1H3. The van der Waals surface area contributed by atoms with E-state index in [1.165, 1.54) is 5.56 Å². The molecule has 0 fully saturated rings. The second kappa shape index (κ2) is 6.32. The van der Waals surface area contributed by atoms with Crippen LogP contribution in [0.15, 0.2) is 22.7 Å². The van der Waals surface area contributed by atoms with E-state index in [0.29, 0.717) is 0 Å². The lowest BCUT2D eigenvalue weighted by Crippen LogP contribution is -1.93. The summed E-state index contributed by atoms with van der Waals surface area (Å²) in [5, 5.41) is 0. The first-order chi connectivity index (χ1) is 6.72. The average Bonchev–Trinajstić information content (AvgIpc) is 2.11. The van der Waals surface area contributed by atoms with Gasteiger partial charge in [0.2, 0.25) is 0 Å². The van der Waals surface area contributed by atoms with Gasteiger partial charge in [0, 0.05) is 28.8 Å². The molecule has 0 saturated carbocycles. The molecule has 1 aromatic rings. The predicted octanol–water partition coefficient (Wildman–Crippen LogP) is 2.91. The molecule has 0 aliphatic heterocycles. The van der Waals surface area contributed by atoms with E-state index in [4.69, 9.17) is 10.5 Å². The third-order valence-electron chi connectivity index (χ3n) is 1.68. The summed E-state index contributed by atoms with van der Waals surface area (Å²) in [4.78, 5) is 0. The van der Waals surface area contributed by atoms with Crippen molar-refractivity contribution in [2.75, 3.05) is 25.2 Å². The van der Waals surface area contributed by atoms with E-state index in [1.54, 1.807) is 7.11 Å². The van der Waals surface area contributed by atoms with E-state index in [9.17, 15) is 0 Å². The topological polar surface area (TPSA) is 35.2 Å². The Hall–Kier alpha value is -0.190. The summed E-state index contributed by atoms with van der Waals surface area (Å²) < 4.78 is 6.01. The van der Waals surface area contributed by atoms with Crippen molar-refractivity contribution >= 4 is 33.4 Å². The maximum atomic E-state index is 5.73. The molecule has 0 heterocycles. The second-order valence-electron chi connectivity index (χ2n) is 2.94. The first-order valence-electron chi connectivity index (χ1n) is 4.34. The molecule has 0 bridgehead atoms. The molecule has 0 aliphatic rings. The Morgan fingerprint density at radius 2 is 2.21 bits per heavy atom. The fourth-order valence-corrected chi connectivity index (χ4v) is 2.48. The van der Waals surface area contributed by atoms with Crippen molar-refractivity contribution in [3.05, 3.63) is 28.2 Å². The molecule has 0 aromatic heterocycles. The molecule has 2 N–H and O–H groups in total. The fourth-order valence-electron chi connectivity index (χ4n) is 1.09. The molecule has 1 aromatic carbocycles. The van der Waals surface area contributed by atoms with Gasteiger partial charge < -0.3 is 10.5 Å². The number of nitrogens with two attached hydrogens (primary N) is 1. The minimum Gasteiger partial charge on any atom is -0.399 e. The number of methoxy groups -OCH3 is 1. The van der Waals surface area contributed by atoms with Crippen molar-refractivity contribution in [2.24, 2.45) is 0 Å². The monoisotopic (exact) mass is 275 g/mol. The SMILES string of the molecule is COCCSCc1cc(N)cc(Br)c1. The maximum absolute atomic E-state index is 5.73. The van der Waals surface area contributed by atoms with Gasteiger partial charge in [0.25, 0.3) is 0 Å². The molecule has 2 nitrogen and oxygen atoms in total. The Balaban J connectivity index is 2.42. The average molecular weight is 276 g/mol. The Morgan fingerprint density at radius 3 is 2.86 bits per heavy atom. The molecule has 1 rings (SSSR count). The summed E-state index contributed by atoms with van der Waals surface area (Å²) in [6, 6.07) is 6.00. The molecule has 0 spiro atoms. The molecule has 78 valence electrons. The summed E-state index contributed by atoms with van der Waals surface area (Å²) in [7, 11) is 1.72. The van der Waals surface area contributed by atoms with Crippen LogP contribution in [0.1, 0.15) is 5.56 Å². The Bertz CT molecular complexity index is 273. The van der Waals surface area contributed by atoms with Crippen LogP contribution in [0, 0.1) is 0 Å². The van der Waals surface area contributed by atoms with Crippen LogP contribution in [-0.4, -0.2) is 19.5 Å². The largest absolute Gasteiger partial charge is 0.399 e. The highest BCUT2D eigenvalue weighted by atomic mass is 79.9.